The number of ether oxygens (including phenoxy) is 21. The lowest BCUT2D eigenvalue weighted by Gasteiger charge is -2.53. The van der Waals surface area contributed by atoms with E-state index in [-0.39, 0.29) is 0 Å². The summed E-state index contributed by atoms with van der Waals surface area (Å²) >= 11 is 0. The molecule has 67 heteroatoms. The molecule has 11 aliphatic rings. The lowest BCUT2D eigenvalue weighted by Crippen LogP contribution is -2.72. The average molecular weight is 2130 g/mol. The van der Waals surface area contributed by atoms with E-state index < -0.39 is 462 Å². The van der Waals surface area contributed by atoms with Gasteiger partial charge in [0.15, 0.2) is 62.9 Å². The molecular weight excluding hydrogens is 2000 g/mol. The van der Waals surface area contributed by atoms with Crippen molar-refractivity contribution in [3.63, 3.8) is 0 Å². The van der Waals surface area contributed by atoms with E-state index in [9.17, 15) is 200 Å². The van der Waals surface area contributed by atoms with Gasteiger partial charge in [-0.1, -0.05) is 0 Å². The monoisotopic (exact) mass is 2130 g/mol. The van der Waals surface area contributed by atoms with Gasteiger partial charge in [-0.25, -0.2) is 8.98 Å². The van der Waals surface area contributed by atoms with Gasteiger partial charge in [-0.05, 0) is 6.92 Å². The van der Waals surface area contributed by atoms with Gasteiger partial charge in [0, 0.05) is 27.2 Å². The Labute approximate surface area is 812 Å². The van der Waals surface area contributed by atoms with Crippen molar-refractivity contribution < 1.29 is 304 Å². The Kier molecular flexibility index (Phi) is 42.5. The number of carboxylic acid groups (broad SMARTS) is 1. The normalized spacial score (nSPS) is 47.7. The van der Waals surface area contributed by atoms with Crippen LogP contribution in [0.15, 0.2) is 0 Å². The SMILES string of the molecule is CC(=O)N[C@@H]1[C@@H](O)[C@H](O[C@@H]2O[C@H](CO)[C@@H](O[C@@H]3O[C@H](CO[C@H]4O[C@H](CO[C@H]5O[C@H](CO)[C@@H](O)[C@H](O)[C@@H]5O)[C@@H](O)[C@H](O[C@H]5O[C@H](CO)[C@@H](O)[C@H](O)[C@@H]5O)[C@@H]4O)[C@@H](O)[C@H](O[C@H]4O[C@H](CO)[C@@H](O)[C@H](O)[C@@H]4O[C@@H]4O[C@H](CO)[C@@H](O[C@@H]5O[C@@H](C)[C@@H](O)[C@@H](O)[C@@H]5O)[C@H](O[C@@H]5O[C@H](CO)[C@H](OS(=O)(=O)O)[C@H](O[C@]6(C(=O)O)C[C@H](O)[C@@H](NC(=O)CO)[C@H]([C@H](O)[C@H](O)CO)O6)[C@H]5O)[C@H]4NC(C)=O)[C@@H]3O)[C@H](O)[C@H]2NC(C)=O)[C@@H](CO)O[C@H]1O. The molecule has 4 amide bonds. The van der Waals surface area contributed by atoms with Crippen molar-refractivity contribution in [3.8, 4) is 0 Å². The minimum Gasteiger partial charge on any atom is -0.477 e. The third-order valence-electron chi connectivity index (χ3n) is 25.8. The van der Waals surface area contributed by atoms with Gasteiger partial charge in [-0.2, -0.15) is 8.42 Å². The van der Waals surface area contributed by atoms with Crippen molar-refractivity contribution in [2.75, 3.05) is 72.7 Å². The lowest BCUT2D eigenvalue weighted by molar-refractivity contribution is -0.406. The second kappa shape index (κ2) is 51.3. The predicted molar refractivity (Wildman–Crippen MR) is 436 cm³/mol. The zero-order valence-corrected chi connectivity index (χ0v) is 77.1. The first kappa shape index (κ1) is 119. The highest BCUT2D eigenvalue weighted by Crippen LogP contribution is 2.44. The summed E-state index contributed by atoms with van der Waals surface area (Å²) in [6, 6.07) is -8.37. The highest BCUT2D eigenvalue weighted by molar-refractivity contribution is 7.80. The summed E-state index contributed by atoms with van der Waals surface area (Å²) in [4.78, 5) is 65.9. The molecule has 11 fully saturated rings. The zero-order chi connectivity index (χ0) is 107. The largest absolute Gasteiger partial charge is 0.477 e. The van der Waals surface area contributed by atoms with Gasteiger partial charge in [-0.15, -0.1) is 0 Å². The van der Waals surface area contributed by atoms with Crippen molar-refractivity contribution in [2.24, 2.45) is 0 Å². The molecule has 0 aromatic carbocycles. The maximum Gasteiger partial charge on any atom is 0.397 e. The number of rotatable bonds is 40. The average Bonchev–Trinajstić information content (AvgIpc) is 0.736. The summed E-state index contributed by atoms with van der Waals surface area (Å²) in [5.74, 6) is -10.7. The first-order valence-corrected chi connectivity index (χ1v) is 46.3. The van der Waals surface area contributed by atoms with E-state index in [1.807, 2.05) is 5.32 Å². The van der Waals surface area contributed by atoms with E-state index in [0.29, 0.717) is 0 Å². The molecule has 11 aliphatic heterocycles. The number of aliphatic carboxylic acids is 1. The van der Waals surface area contributed by atoms with Crippen LogP contribution in [-0.2, 0) is 138 Å². The molecular formula is C77H128N4O62S. The zero-order valence-electron chi connectivity index (χ0n) is 76.2. The van der Waals surface area contributed by atoms with Crippen LogP contribution in [0.3, 0.4) is 0 Å². The lowest BCUT2D eigenvalue weighted by atomic mass is 9.88. The van der Waals surface area contributed by atoms with Crippen molar-refractivity contribution in [1.82, 2.24) is 21.3 Å². The quantitative estimate of drug-likeness (QED) is 0.0253. The van der Waals surface area contributed by atoms with Crippen LogP contribution in [0.5, 0.6) is 0 Å². The van der Waals surface area contributed by atoms with Crippen LogP contribution in [-0.4, -0.2) is 622 Å². The van der Waals surface area contributed by atoms with Gasteiger partial charge in [0.2, 0.25) is 23.6 Å². The molecule has 37 N–H and O–H groups in total. The molecule has 0 aromatic heterocycles. The highest BCUT2D eigenvalue weighted by Gasteiger charge is 2.66. The van der Waals surface area contributed by atoms with Gasteiger partial charge < -0.3 is 284 Å². The first-order valence-electron chi connectivity index (χ1n) is 45.0. The molecule has 11 rings (SSSR count). The second-order valence-corrected chi connectivity index (χ2v) is 36.8. The van der Waals surface area contributed by atoms with Crippen LogP contribution in [0.25, 0.3) is 0 Å². The highest BCUT2D eigenvalue weighted by atomic mass is 32.3. The van der Waals surface area contributed by atoms with Crippen molar-refractivity contribution in [1.29, 1.82) is 0 Å². The van der Waals surface area contributed by atoms with Gasteiger partial charge in [-0.3, -0.25) is 23.7 Å². The molecule has 0 spiro atoms. The van der Waals surface area contributed by atoms with Crippen LogP contribution in [0.4, 0.5) is 0 Å². The van der Waals surface area contributed by atoms with Crippen LogP contribution in [0, 0.1) is 0 Å². The molecule has 11 saturated heterocycles. The van der Waals surface area contributed by atoms with Gasteiger partial charge in [0.25, 0.3) is 5.79 Å². The molecule has 144 heavy (non-hydrogen) atoms. The van der Waals surface area contributed by atoms with Gasteiger partial charge in [0.1, 0.15) is 263 Å². The molecule has 11 heterocycles. The standard InChI is InChI=1S/C77H128N4O62S/c1-17-37(97)46(106)51(111)71(124-17)136-58-28(12-88)130-68(36(80-20(4)93)61(58)137-74-55(115)64(59(29(13-89)131-74)143-144(119,120)121)142-77(76(117)118)5-21(94)33(81-32(96)14-90)60(141-77)38(98)22(95)6-82)140-65-49(109)41(101)25(9-85)128-75(65)139-63-43(103)31(133-73(54(63)114)135-57-27(11-87)129-67(35(45(57)105)79-19(3)92)134-56-26(10-86)125-66(116)34(44(56)104)78-18(2)91)16-123-70-53(113)62(138-72-52(112)48(108)40(100)24(8-84)127-72)42(102)30(132-70)15-122-69-50(110)47(107)39(99)23(7-83)126-69/h17,21-31,33-75,82-90,94-95,97-116H,5-16H2,1-4H3,(H,78,91)(H,79,92)(H,80,93)(H,81,96)(H,117,118)(H,119,120,121)/t17-,21-,22+,23+,24+,25+,26+,27+,28+,29+,30+,31+,33+,34+,35+,36+,37+,38+,39+,40+,41+,42+,43+,44+,45+,46+,47-,48-,49-,50-,51-,52-,53-,54-,55+,56+,57+,58+,59-,60+,61+,62-,63-,64+,65-,66+,67-,68-,69-,70-,71-,72+,73-,74-,75+,77-/m0/s1. The second-order valence-electron chi connectivity index (χ2n) is 35.8. The Bertz CT molecular complexity index is 4180. The van der Waals surface area contributed by atoms with E-state index in [4.69, 9.17) is 104 Å². The number of carboxylic acids is 1. The number of aliphatic hydroxyl groups excluding tert-OH is 31. The predicted octanol–water partition coefficient (Wildman–Crippen LogP) is -25.4. The summed E-state index contributed by atoms with van der Waals surface area (Å²) in [6.07, 6.45) is -121. The summed E-state index contributed by atoms with van der Waals surface area (Å²) in [7, 11) is -6.02. The third-order valence-corrected chi connectivity index (χ3v) is 26.3. The first-order chi connectivity index (χ1) is 67.8. The summed E-state index contributed by atoms with van der Waals surface area (Å²) in [5, 5.41) is 369. The topological polar surface area (TPSA) is 1040 Å². The number of amides is 4. The number of hydrogen-bond acceptors (Lipinski definition) is 60. The molecule has 0 bridgehead atoms. The molecule has 66 nitrogen and oxygen atoms in total. The van der Waals surface area contributed by atoms with Crippen LogP contribution in [0.1, 0.15) is 34.1 Å². The van der Waals surface area contributed by atoms with Crippen LogP contribution < -0.4 is 21.3 Å². The Balaban J connectivity index is 0.991. The van der Waals surface area contributed by atoms with E-state index in [2.05, 4.69) is 16.0 Å². The molecule has 0 unspecified atom stereocenters. The number of carbonyl (C=O) groups excluding carboxylic acids is 4. The Morgan fingerprint density at radius 2 is 0.708 bits per heavy atom. The minimum absolute atomic E-state index is 0.739. The molecule has 834 valence electrons. The maximum absolute atomic E-state index is 14.0. The Morgan fingerprint density at radius 1 is 0.347 bits per heavy atom. The van der Waals surface area contributed by atoms with E-state index in [1.165, 1.54) is 0 Å². The van der Waals surface area contributed by atoms with Gasteiger partial charge >= 0.3 is 16.4 Å². The van der Waals surface area contributed by atoms with E-state index >= 15 is 0 Å². The third kappa shape index (κ3) is 26.6. The number of hydrogen-bond donors (Lipinski definition) is 37. The van der Waals surface area contributed by atoms with E-state index in [0.717, 1.165) is 27.7 Å². The number of carbonyl (C=O) groups is 5. The van der Waals surface area contributed by atoms with Crippen molar-refractivity contribution in [3.05, 3.63) is 0 Å². The molecule has 0 radical (unpaired) electrons. The molecule has 56 atom stereocenters. The van der Waals surface area contributed by atoms with Crippen LogP contribution in [0.2, 0.25) is 0 Å². The summed E-state index contributed by atoms with van der Waals surface area (Å²) in [5.41, 5.74) is 0. The summed E-state index contributed by atoms with van der Waals surface area (Å²) < 4.78 is 166. The fraction of sp³-hybridized carbons (Fsp3) is 0.935. The Hall–Kier alpha value is -4.86. The number of aliphatic hydroxyl groups is 31. The molecule has 0 aromatic rings. The Morgan fingerprint density at radius 3 is 1.22 bits per heavy atom. The van der Waals surface area contributed by atoms with Crippen LogP contribution >= 0.6 is 0 Å². The molecule has 0 saturated carbocycles. The minimum atomic E-state index is -6.02. The fourth-order valence-corrected chi connectivity index (χ4v) is 18.7. The van der Waals surface area contributed by atoms with E-state index in [1.54, 1.807) is 0 Å². The fourth-order valence-electron chi connectivity index (χ4n) is 18.2. The maximum atomic E-state index is 14.0. The molecule has 0 aliphatic carbocycles. The number of nitrogens with one attached hydrogen (secondary N) is 4. The van der Waals surface area contributed by atoms with Crippen molar-refractivity contribution >= 4 is 40.0 Å². The van der Waals surface area contributed by atoms with Crippen molar-refractivity contribution in [2.45, 2.75) is 377 Å². The summed E-state index contributed by atoms with van der Waals surface area (Å²) in [6.45, 7) is -10.5. The van der Waals surface area contributed by atoms with Gasteiger partial charge in [0.05, 0.1) is 84.3 Å². The smallest absolute Gasteiger partial charge is 0.397 e.